The molecule has 1 amide bonds. The fraction of sp³-hybridized carbons (Fsp3) is 0.286. The Hall–Kier alpha value is -3.03. The zero-order chi connectivity index (χ0) is 19.3. The van der Waals surface area contributed by atoms with Crippen LogP contribution in [0.2, 0.25) is 0 Å². The molecule has 28 heavy (non-hydrogen) atoms. The normalized spacial score (nSPS) is 16.5. The highest BCUT2D eigenvalue weighted by Crippen LogP contribution is 2.33. The molecule has 146 valence electrons. The first-order valence-electron chi connectivity index (χ1n) is 9.30. The highest BCUT2D eigenvalue weighted by molar-refractivity contribution is 5.91. The number of carbonyl (C=O) groups excluding carboxylic acids is 1. The molecule has 1 fully saturated rings. The smallest absolute Gasteiger partial charge is 0.267 e. The van der Waals surface area contributed by atoms with Gasteiger partial charge in [-0.05, 0) is 35.4 Å². The van der Waals surface area contributed by atoms with Crippen LogP contribution in [0, 0.1) is 0 Å². The molecule has 4 rings (SSSR count). The quantitative estimate of drug-likeness (QED) is 0.470. The Labute approximate surface area is 163 Å². The van der Waals surface area contributed by atoms with Gasteiger partial charge in [-0.25, -0.2) is 5.48 Å². The minimum absolute atomic E-state index is 0.297. The minimum Gasteiger partial charge on any atom is -0.454 e. The molecule has 2 heterocycles. The third-order valence-corrected chi connectivity index (χ3v) is 5.02. The summed E-state index contributed by atoms with van der Waals surface area (Å²) in [5.74, 6) is 1.10. The molecule has 2 aliphatic rings. The fourth-order valence-electron chi connectivity index (χ4n) is 3.56. The molecule has 7 nitrogen and oxygen atoms in total. The summed E-state index contributed by atoms with van der Waals surface area (Å²) < 4.78 is 10.8. The number of hydroxylamine groups is 1. The molecule has 0 bridgehead atoms. The molecule has 7 heteroatoms. The monoisotopic (exact) mass is 381 g/mol. The largest absolute Gasteiger partial charge is 0.454 e. The Morgan fingerprint density at radius 1 is 1.07 bits per heavy atom. The van der Waals surface area contributed by atoms with Crippen molar-refractivity contribution in [1.29, 1.82) is 0 Å². The van der Waals surface area contributed by atoms with Gasteiger partial charge in [0.05, 0.1) is 0 Å². The number of hydrogen-bond donors (Lipinski definition) is 2. The Balaban J connectivity index is 1.38. The first-order valence-corrected chi connectivity index (χ1v) is 9.30. The Kier molecular flexibility index (Phi) is 5.45. The molecular formula is C21H23N3O4. The number of rotatable bonds is 5. The van der Waals surface area contributed by atoms with Gasteiger partial charge in [0.2, 0.25) is 6.79 Å². The van der Waals surface area contributed by atoms with Gasteiger partial charge in [-0.1, -0.05) is 24.3 Å². The van der Waals surface area contributed by atoms with E-state index in [1.165, 1.54) is 11.6 Å². The average molecular weight is 381 g/mol. The second-order valence-electron chi connectivity index (χ2n) is 6.82. The number of fused-ring (bicyclic) bond motifs is 1. The van der Waals surface area contributed by atoms with Crippen molar-refractivity contribution in [3.05, 3.63) is 59.7 Å². The van der Waals surface area contributed by atoms with Crippen LogP contribution in [-0.2, 0) is 11.3 Å². The van der Waals surface area contributed by atoms with Gasteiger partial charge in [0.15, 0.2) is 11.5 Å². The van der Waals surface area contributed by atoms with Crippen LogP contribution in [0.5, 0.6) is 11.5 Å². The van der Waals surface area contributed by atoms with Crippen LogP contribution in [0.1, 0.15) is 11.1 Å². The molecule has 0 spiro atoms. The van der Waals surface area contributed by atoms with Gasteiger partial charge < -0.3 is 14.4 Å². The van der Waals surface area contributed by atoms with Gasteiger partial charge in [-0.3, -0.25) is 14.9 Å². The Morgan fingerprint density at radius 3 is 2.68 bits per heavy atom. The van der Waals surface area contributed by atoms with E-state index in [9.17, 15) is 4.79 Å². The maximum atomic E-state index is 11.3. The fourth-order valence-corrected chi connectivity index (χ4v) is 3.56. The summed E-state index contributed by atoms with van der Waals surface area (Å²) >= 11 is 0. The number of amides is 1. The summed E-state index contributed by atoms with van der Waals surface area (Å²) in [6.45, 7) is 4.88. The lowest BCUT2D eigenvalue weighted by molar-refractivity contribution is -0.124. The Morgan fingerprint density at radius 2 is 1.86 bits per heavy atom. The average Bonchev–Trinajstić information content (AvgIpc) is 3.21. The van der Waals surface area contributed by atoms with Crippen LogP contribution >= 0.6 is 0 Å². The minimum atomic E-state index is -0.539. The highest BCUT2D eigenvalue weighted by Gasteiger charge is 2.20. The van der Waals surface area contributed by atoms with Gasteiger partial charge in [0.1, 0.15) is 0 Å². The number of ether oxygens (including phenoxy) is 2. The molecule has 2 aliphatic heterocycles. The molecule has 0 aromatic heterocycles. The van der Waals surface area contributed by atoms with E-state index in [4.69, 9.17) is 14.7 Å². The van der Waals surface area contributed by atoms with E-state index >= 15 is 0 Å². The van der Waals surface area contributed by atoms with Crippen molar-refractivity contribution in [2.24, 2.45) is 0 Å². The molecule has 0 radical (unpaired) electrons. The van der Waals surface area contributed by atoms with E-state index in [1.54, 1.807) is 11.6 Å². The molecule has 0 saturated carbocycles. The van der Waals surface area contributed by atoms with Crippen molar-refractivity contribution in [2.45, 2.75) is 6.54 Å². The molecular weight excluding hydrogens is 358 g/mol. The van der Waals surface area contributed by atoms with Crippen molar-refractivity contribution in [3.8, 4) is 11.5 Å². The first-order chi connectivity index (χ1) is 13.7. The van der Waals surface area contributed by atoms with Gasteiger partial charge >= 0.3 is 0 Å². The first kappa shape index (κ1) is 18.3. The van der Waals surface area contributed by atoms with Gasteiger partial charge in [0.25, 0.3) is 5.91 Å². The van der Waals surface area contributed by atoms with E-state index in [1.807, 2.05) is 24.3 Å². The van der Waals surface area contributed by atoms with Gasteiger partial charge in [0, 0.05) is 44.5 Å². The summed E-state index contributed by atoms with van der Waals surface area (Å²) in [5.41, 5.74) is 4.88. The molecule has 2 aromatic carbocycles. The SMILES string of the molecule is O=C(/C=C/c1ccccc1N1CCN(Cc2ccc3c(c2)OCO3)CC1)NO. The number of nitrogens with one attached hydrogen (secondary N) is 1. The molecule has 0 atom stereocenters. The van der Waals surface area contributed by atoms with Crippen molar-refractivity contribution >= 4 is 17.7 Å². The van der Waals surface area contributed by atoms with E-state index in [0.717, 1.165) is 55.5 Å². The zero-order valence-corrected chi connectivity index (χ0v) is 15.5. The van der Waals surface area contributed by atoms with E-state index in [0.29, 0.717) is 6.79 Å². The van der Waals surface area contributed by atoms with E-state index in [-0.39, 0.29) is 0 Å². The van der Waals surface area contributed by atoms with Crippen LogP contribution in [0.15, 0.2) is 48.5 Å². The third kappa shape index (κ3) is 4.11. The number of para-hydroxylation sites is 1. The number of hydrogen-bond acceptors (Lipinski definition) is 6. The van der Waals surface area contributed by atoms with E-state index in [2.05, 4.69) is 28.0 Å². The lowest BCUT2D eigenvalue weighted by atomic mass is 10.1. The van der Waals surface area contributed by atoms with Crippen LogP contribution in [0.3, 0.4) is 0 Å². The summed E-state index contributed by atoms with van der Waals surface area (Å²) in [5, 5.41) is 8.65. The lowest BCUT2D eigenvalue weighted by Crippen LogP contribution is -2.46. The number of piperazine rings is 1. The molecule has 1 saturated heterocycles. The Bertz CT molecular complexity index is 876. The lowest BCUT2D eigenvalue weighted by Gasteiger charge is -2.36. The summed E-state index contributed by atoms with van der Waals surface area (Å²) in [4.78, 5) is 16.0. The molecule has 2 N–H and O–H groups in total. The van der Waals surface area contributed by atoms with Crippen molar-refractivity contribution in [3.63, 3.8) is 0 Å². The number of nitrogens with zero attached hydrogens (tertiary/aromatic N) is 2. The van der Waals surface area contributed by atoms with Crippen molar-refractivity contribution in [1.82, 2.24) is 10.4 Å². The summed E-state index contributed by atoms with van der Waals surface area (Å²) in [6.07, 6.45) is 3.05. The zero-order valence-electron chi connectivity index (χ0n) is 15.5. The predicted octanol–water partition coefficient (Wildman–Crippen LogP) is 2.26. The van der Waals surface area contributed by atoms with E-state index < -0.39 is 5.91 Å². The molecule has 2 aromatic rings. The van der Waals surface area contributed by atoms with Gasteiger partial charge in [-0.15, -0.1) is 0 Å². The number of benzene rings is 2. The standard InChI is InChI=1S/C21H23N3O4/c25-21(22-26)8-6-17-3-1-2-4-18(17)24-11-9-23(10-12-24)14-16-5-7-19-20(13-16)28-15-27-19/h1-8,13,26H,9-12,14-15H2,(H,22,25)/b8-6+. The van der Waals surface area contributed by atoms with Crippen LogP contribution < -0.4 is 19.9 Å². The van der Waals surface area contributed by atoms with Crippen molar-refractivity contribution < 1.29 is 19.5 Å². The van der Waals surface area contributed by atoms with Crippen LogP contribution in [0.25, 0.3) is 6.08 Å². The predicted molar refractivity (Wildman–Crippen MR) is 105 cm³/mol. The highest BCUT2D eigenvalue weighted by atomic mass is 16.7. The van der Waals surface area contributed by atoms with Gasteiger partial charge in [-0.2, -0.15) is 0 Å². The number of carbonyl (C=O) groups is 1. The number of anilines is 1. The summed E-state index contributed by atoms with van der Waals surface area (Å²) in [6, 6.07) is 14.1. The summed E-state index contributed by atoms with van der Waals surface area (Å²) in [7, 11) is 0. The molecule has 0 unspecified atom stereocenters. The van der Waals surface area contributed by atoms with Crippen molar-refractivity contribution in [2.75, 3.05) is 37.9 Å². The van der Waals surface area contributed by atoms with Crippen LogP contribution in [0.4, 0.5) is 5.69 Å². The second kappa shape index (κ2) is 8.33. The maximum Gasteiger partial charge on any atom is 0.267 e. The maximum absolute atomic E-state index is 11.3. The second-order valence-corrected chi connectivity index (χ2v) is 6.82. The topological polar surface area (TPSA) is 74.3 Å². The van der Waals surface area contributed by atoms with Crippen LogP contribution in [-0.4, -0.2) is 49.0 Å². The molecule has 0 aliphatic carbocycles. The third-order valence-electron chi connectivity index (χ3n) is 5.02.